The third-order valence-corrected chi connectivity index (χ3v) is 2.78. The molecule has 2 rings (SSSR count). The first-order valence-electron chi connectivity index (χ1n) is 5.37. The minimum Gasteiger partial charge on any atom is -0.362 e. The van der Waals surface area contributed by atoms with Crippen LogP contribution in [0.1, 0.15) is 11.1 Å². The van der Waals surface area contributed by atoms with Crippen molar-refractivity contribution >= 4 is 17.5 Å². The van der Waals surface area contributed by atoms with Crippen LogP contribution in [-0.2, 0) is 20.9 Å². The molecule has 1 aromatic carbocycles. The molecule has 90 valence electrons. The van der Waals surface area contributed by atoms with Crippen molar-refractivity contribution in [1.82, 2.24) is 0 Å². The van der Waals surface area contributed by atoms with Crippen LogP contribution in [0, 0.1) is 6.92 Å². The maximum atomic E-state index is 11.7. The van der Waals surface area contributed by atoms with Gasteiger partial charge in [-0.1, -0.05) is 12.1 Å². The Bertz CT molecular complexity index is 455. The van der Waals surface area contributed by atoms with Gasteiger partial charge in [0.05, 0.1) is 5.69 Å². The molecule has 1 aliphatic rings. The molecule has 2 amide bonds. The monoisotopic (exact) mass is 234 g/mol. The van der Waals surface area contributed by atoms with Crippen LogP contribution in [0.2, 0.25) is 0 Å². The zero-order chi connectivity index (χ0) is 12.4. The van der Waals surface area contributed by atoms with Gasteiger partial charge in [-0.2, -0.15) is 0 Å². The molecular formula is C12H14N2O3. The minimum atomic E-state index is -0.346. The van der Waals surface area contributed by atoms with Gasteiger partial charge in [-0.05, 0) is 24.1 Å². The molecule has 1 saturated heterocycles. The summed E-state index contributed by atoms with van der Waals surface area (Å²) >= 11 is 0. The van der Waals surface area contributed by atoms with Gasteiger partial charge >= 0.3 is 0 Å². The first kappa shape index (κ1) is 11.8. The molecule has 2 N–H and O–H groups in total. The molecule has 1 aromatic rings. The van der Waals surface area contributed by atoms with E-state index in [1.54, 1.807) is 12.1 Å². The van der Waals surface area contributed by atoms with Crippen LogP contribution >= 0.6 is 0 Å². The van der Waals surface area contributed by atoms with Gasteiger partial charge in [0, 0.05) is 6.54 Å². The Hall–Kier alpha value is -1.72. The van der Waals surface area contributed by atoms with E-state index in [4.69, 9.17) is 10.5 Å². The summed E-state index contributed by atoms with van der Waals surface area (Å²) in [6, 6.07) is 5.44. The van der Waals surface area contributed by atoms with Crippen molar-refractivity contribution in [2.24, 2.45) is 5.73 Å². The van der Waals surface area contributed by atoms with Crippen molar-refractivity contribution in [3.63, 3.8) is 0 Å². The van der Waals surface area contributed by atoms with E-state index >= 15 is 0 Å². The second-order valence-electron chi connectivity index (χ2n) is 3.89. The number of carbonyl (C=O) groups excluding carboxylic acids is 2. The Morgan fingerprint density at radius 2 is 1.94 bits per heavy atom. The number of imide groups is 1. The van der Waals surface area contributed by atoms with Gasteiger partial charge < -0.3 is 10.5 Å². The average Bonchev–Trinajstić information content (AvgIpc) is 2.29. The summed E-state index contributed by atoms with van der Waals surface area (Å²) < 4.78 is 4.88. The van der Waals surface area contributed by atoms with Crippen LogP contribution < -0.4 is 10.6 Å². The van der Waals surface area contributed by atoms with Crippen molar-refractivity contribution in [2.45, 2.75) is 13.5 Å². The number of nitrogens with zero attached hydrogens (tertiary/aromatic N) is 1. The van der Waals surface area contributed by atoms with Crippen LogP contribution in [-0.4, -0.2) is 25.0 Å². The zero-order valence-corrected chi connectivity index (χ0v) is 9.60. The SMILES string of the molecule is Cc1cccc(N2C(=O)COCC2=O)c1CN. The third kappa shape index (κ3) is 2.07. The standard InChI is InChI=1S/C12H14N2O3/c1-8-3-2-4-10(9(8)5-13)14-11(15)6-17-7-12(14)16/h2-4H,5-7,13H2,1H3. The number of amides is 2. The third-order valence-electron chi connectivity index (χ3n) is 2.78. The lowest BCUT2D eigenvalue weighted by molar-refractivity contribution is -0.138. The predicted molar refractivity (Wildman–Crippen MR) is 62.4 cm³/mol. The molecule has 0 unspecified atom stereocenters. The number of ether oxygens (including phenoxy) is 1. The van der Waals surface area contributed by atoms with Crippen molar-refractivity contribution in [1.29, 1.82) is 0 Å². The largest absolute Gasteiger partial charge is 0.362 e. The zero-order valence-electron chi connectivity index (χ0n) is 9.60. The summed E-state index contributed by atoms with van der Waals surface area (Å²) in [7, 11) is 0. The number of anilines is 1. The van der Waals surface area contributed by atoms with E-state index in [1.165, 1.54) is 4.90 Å². The van der Waals surface area contributed by atoms with Gasteiger partial charge in [0.1, 0.15) is 13.2 Å². The number of carbonyl (C=O) groups is 2. The predicted octanol–water partition coefficient (Wildman–Crippen LogP) is 0.344. The fourth-order valence-electron chi connectivity index (χ4n) is 1.92. The molecule has 1 heterocycles. The highest BCUT2D eigenvalue weighted by Crippen LogP contribution is 2.25. The van der Waals surface area contributed by atoms with Crippen molar-refractivity contribution in [3.8, 4) is 0 Å². The molecule has 1 fully saturated rings. The molecule has 17 heavy (non-hydrogen) atoms. The van der Waals surface area contributed by atoms with Crippen LogP contribution in [0.5, 0.6) is 0 Å². The number of morpholine rings is 1. The van der Waals surface area contributed by atoms with Crippen molar-refractivity contribution < 1.29 is 14.3 Å². The fraction of sp³-hybridized carbons (Fsp3) is 0.333. The van der Waals surface area contributed by atoms with E-state index in [1.807, 2.05) is 13.0 Å². The lowest BCUT2D eigenvalue weighted by Gasteiger charge is -2.27. The lowest BCUT2D eigenvalue weighted by atomic mass is 10.1. The smallest absolute Gasteiger partial charge is 0.259 e. The molecule has 0 radical (unpaired) electrons. The molecule has 1 aliphatic heterocycles. The number of aryl methyl sites for hydroxylation is 1. The first-order valence-corrected chi connectivity index (χ1v) is 5.37. The molecule has 0 saturated carbocycles. The number of rotatable bonds is 2. The molecular weight excluding hydrogens is 220 g/mol. The topological polar surface area (TPSA) is 72.6 Å². The molecule has 5 nitrogen and oxygen atoms in total. The Kier molecular flexibility index (Phi) is 3.21. The van der Waals surface area contributed by atoms with Crippen LogP contribution in [0.15, 0.2) is 18.2 Å². The quantitative estimate of drug-likeness (QED) is 0.749. The van der Waals surface area contributed by atoms with E-state index in [0.29, 0.717) is 12.2 Å². The Morgan fingerprint density at radius 3 is 2.53 bits per heavy atom. The lowest BCUT2D eigenvalue weighted by Crippen LogP contribution is -2.46. The number of hydrogen-bond donors (Lipinski definition) is 1. The highest BCUT2D eigenvalue weighted by molar-refractivity contribution is 6.17. The van der Waals surface area contributed by atoms with Crippen LogP contribution in [0.4, 0.5) is 5.69 Å². The van der Waals surface area contributed by atoms with E-state index in [0.717, 1.165) is 11.1 Å². The fourth-order valence-corrected chi connectivity index (χ4v) is 1.92. The molecule has 0 atom stereocenters. The van der Waals surface area contributed by atoms with Crippen LogP contribution in [0.3, 0.4) is 0 Å². The summed E-state index contributed by atoms with van der Waals surface area (Å²) in [5.74, 6) is -0.692. The van der Waals surface area contributed by atoms with E-state index in [-0.39, 0.29) is 25.0 Å². The highest BCUT2D eigenvalue weighted by Gasteiger charge is 2.29. The van der Waals surface area contributed by atoms with Gasteiger partial charge in [0.2, 0.25) is 0 Å². The van der Waals surface area contributed by atoms with Gasteiger partial charge in [-0.25, -0.2) is 4.90 Å². The molecule has 0 aromatic heterocycles. The van der Waals surface area contributed by atoms with Gasteiger partial charge in [0.25, 0.3) is 11.8 Å². The van der Waals surface area contributed by atoms with E-state index < -0.39 is 0 Å². The summed E-state index contributed by atoms with van der Waals surface area (Å²) in [6.07, 6.45) is 0. The number of hydrogen-bond acceptors (Lipinski definition) is 4. The molecule has 0 spiro atoms. The van der Waals surface area contributed by atoms with E-state index in [9.17, 15) is 9.59 Å². The molecule has 0 bridgehead atoms. The van der Waals surface area contributed by atoms with Crippen LogP contribution in [0.25, 0.3) is 0 Å². The number of nitrogens with two attached hydrogens (primary N) is 1. The summed E-state index contributed by atoms with van der Waals surface area (Å²) in [5, 5.41) is 0. The highest BCUT2D eigenvalue weighted by atomic mass is 16.5. The summed E-state index contributed by atoms with van der Waals surface area (Å²) in [5.41, 5.74) is 8.03. The summed E-state index contributed by atoms with van der Waals surface area (Å²) in [4.78, 5) is 24.6. The normalized spacial score (nSPS) is 16.5. The maximum absolute atomic E-state index is 11.7. The Labute approximate surface area is 99.2 Å². The van der Waals surface area contributed by atoms with Crippen molar-refractivity contribution in [3.05, 3.63) is 29.3 Å². The Morgan fingerprint density at radius 1 is 1.29 bits per heavy atom. The molecule has 0 aliphatic carbocycles. The van der Waals surface area contributed by atoms with Gasteiger partial charge in [-0.3, -0.25) is 9.59 Å². The van der Waals surface area contributed by atoms with Gasteiger partial charge in [0.15, 0.2) is 0 Å². The Balaban J connectivity index is 2.48. The molecule has 5 heteroatoms. The average molecular weight is 234 g/mol. The van der Waals surface area contributed by atoms with E-state index in [2.05, 4.69) is 0 Å². The van der Waals surface area contributed by atoms with Gasteiger partial charge in [-0.15, -0.1) is 0 Å². The maximum Gasteiger partial charge on any atom is 0.259 e. The summed E-state index contributed by atoms with van der Waals surface area (Å²) in [6.45, 7) is 2.06. The first-order chi connectivity index (χ1) is 8.15. The number of benzene rings is 1. The minimum absolute atomic E-state index is 0.0658. The second kappa shape index (κ2) is 4.65. The second-order valence-corrected chi connectivity index (χ2v) is 3.89. The van der Waals surface area contributed by atoms with Crippen molar-refractivity contribution in [2.75, 3.05) is 18.1 Å².